The van der Waals surface area contributed by atoms with E-state index >= 15 is 0 Å². The van der Waals surface area contributed by atoms with Gasteiger partial charge in [0.2, 0.25) is 0 Å². The van der Waals surface area contributed by atoms with E-state index in [1.54, 1.807) is 6.07 Å². The molecule has 0 radical (unpaired) electrons. The third kappa shape index (κ3) is 1.86. The van der Waals surface area contributed by atoms with Crippen molar-refractivity contribution in [2.75, 3.05) is 31.1 Å². The number of pyridine rings is 1. The monoisotopic (exact) mass is 271 g/mol. The molecule has 2 aliphatic heterocycles. The molecule has 2 fully saturated rings. The van der Waals surface area contributed by atoms with E-state index in [1.807, 2.05) is 18.3 Å². The summed E-state index contributed by atoms with van der Waals surface area (Å²) in [5.74, 6) is 0.744. The molecule has 2 saturated heterocycles. The molecule has 2 aromatic rings. The maximum Gasteiger partial charge on any atom is 0.136 e. The fourth-order valence-electron chi connectivity index (χ4n) is 3.64. The van der Waals surface area contributed by atoms with Crippen molar-refractivity contribution in [2.45, 2.75) is 12.8 Å². The van der Waals surface area contributed by atoms with E-state index in [2.05, 4.69) is 15.2 Å². The average molecular weight is 271 g/mol. The normalized spacial score (nSPS) is 25.9. The van der Waals surface area contributed by atoms with Gasteiger partial charge in [-0.05, 0) is 43.0 Å². The molecule has 2 aliphatic rings. The van der Waals surface area contributed by atoms with Crippen molar-refractivity contribution in [1.29, 1.82) is 0 Å². The molecule has 1 aromatic heterocycles. The van der Waals surface area contributed by atoms with E-state index in [4.69, 9.17) is 0 Å². The Bertz CT molecular complexity index is 649. The van der Waals surface area contributed by atoms with Crippen LogP contribution in [0.2, 0.25) is 0 Å². The third-order valence-electron chi connectivity index (χ3n) is 4.78. The van der Waals surface area contributed by atoms with Crippen molar-refractivity contribution in [1.82, 2.24) is 10.3 Å². The summed E-state index contributed by atoms with van der Waals surface area (Å²) in [7, 11) is 0. The molecule has 20 heavy (non-hydrogen) atoms. The highest BCUT2D eigenvalue weighted by molar-refractivity contribution is 5.92. The van der Waals surface area contributed by atoms with Gasteiger partial charge in [-0.1, -0.05) is 6.07 Å². The van der Waals surface area contributed by atoms with Crippen LogP contribution in [0.5, 0.6) is 0 Å². The van der Waals surface area contributed by atoms with E-state index in [1.165, 1.54) is 18.9 Å². The minimum absolute atomic E-state index is 0.191. The van der Waals surface area contributed by atoms with Crippen LogP contribution in [0, 0.1) is 11.2 Å². The third-order valence-corrected chi connectivity index (χ3v) is 4.78. The van der Waals surface area contributed by atoms with Gasteiger partial charge >= 0.3 is 0 Å². The molecule has 104 valence electrons. The summed E-state index contributed by atoms with van der Waals surface area (Å²) in [5.41, 5.74) is 0.400. The summed E-state index contributed by atoms with van der Waals surface area (Å²) in [4.78, 5) is 6.85. The Morgan fingerprint density at radius 1 is 1.25 bits per heavy atom. The van der Waals surface area contributed by atoms with Crippen molar-refractivity contribution >= 4 is 16.6 Å². The van der Waals surface area contributed by atoms with Crippen LogP contribution in [0.25, 0.3) is 10.8 Å². The Kier molecular flexibility index (Phi) is 2.67. The number of hydrogen-bond donors (Lipinski definition) is 1. The molecular formula is C16H18FN3. The minimum atomic E-state index is -0.191. The zero-order valence-corrected chi connectivity index (χ0v) is 11.4. The molecule has 0 amide bonds. The number of anilines is 1. The number of aromatic nitrogens is 1. The first-order valence-corrected chi connectivity index (χ1v) is 7.26. The molecule has 1 aromatic carbocycles. The predicted octanol–water partition coefficient (Wildman–Crippen LogP) is 2.56. The Morgan fingerprint density at radius 3 is 3.05 bits per heavy atom. The molecule has 3 heterocycles. The van der Waals surface area contributed by atoms with Gasteiger partial charge in [-0.2, -0.15) is 0 Å². The first-order valence-electron chi connectivity index (χ1n) is 7.26. The van der Waals surface area contributed by atoms with Crippen molar-refractivity contribution < 1.29 is 4.39 Å². The number of hydrogen-bond acceptors (Lipinski definition) is 3. The zero-order valence-electron chi connectivity index (χ0n) is 11.4. The van der Waals surface area contributed by atoms with Gasteiger partial charge in [0.05, 0.1) is 0 Å². The molecule has 1 atom stereocenters. The zero-order chi connectivity index (χ0) is 13.6. The lowest BCUT2D eigenvalue weighted by Gasteiger charge is -2.24. The number of nitrogens with one attached hydrogen (secondary N) is 1. The highest BCUT2D eigenvalue weighted by atomic mass is 19.1. The predicted molar refractivity (Wildman–Crippen MR) is 78.5 cm³/mol. The molecular weight excluding hydrogens is 253 g/mol. The second-order valence-corrected chi connectivity index (χ2v) is 6.10. The molecule has 4 heteroatoms. The Labute approximate surface area is 117 Å². The van der Waals surface area contributed by atoms with Crippen LogP contribution in [-0.4, -0.2) is 31.2 Å². The fraction of sp³-hybridized carbons (Fsp3) is 0.438. The van der Waals surface area contributed by atoms with E-state index in [-0.39, 0.29) is 5.82 Å². The second kappa shape index (κ2) is 4.42. The first kappa shape index (κ1) is 12.1. The summed E-state index contributed by atoms with van der Waals surface area (Å²) in [5, 5.41) is 5.45. The van der Waals surface area contributed by atoms with Crippen molar-refractivity contribution in [3.8, 4) is 0 Å². The Morgan fingerprint density at radius 2 is 2.20 bits per heavy atom. The molecule has 1 unspecified atom stereocenters. The van der Waals surface area contributed by atoms with Crippen LogP contribution >= 0.6 is 0 Å². The van der Waals surface area contributed by atoms with Gasteiger partial charge in [-0.15, -0.1) is 0 Å². The highest BCUT2D eigenvalue weighted by Gasteiger charge is 2.40. The van der Waals surface area contributed by atoms with E-state index in [0.29, 0.717) is 5.41 Å². The number of nitrogens with zero attached hydrogens (tertiary/aromatic N) is 2. The Hall–Kier alpha value is -1.68. The minimum Gasteiger partial charge on any atom is -0.355 e. The molecule has 0 aliphatic carbocycles. The average Bonchev–Trinajstić information content (AvgIpc) is 3.09. The number of fused-ring (bicyclic) bond motifs is 1. The van der Waals surface area contributed by atoms with Gasteiger partial charge in [0.15, 0.2) is 0 Å². The number of benzene rings is 1. The van der Waals surface area contributed by atoms with Gasteiger partial charge in [-0.25, -0.2) is 9.37 Å². The van der Waals surface area contributed by atoms with Crippen molar-refractivity contribution in [3.05, 3.63) is 36.3 Å². The molecule has 0 saturated carbocycles. The topological polar surface area (TPSA) is 28.2 Å². The Balaban J connectivity index is 1.74. The van der Waals surface area contributed by atoms with E-state index in [9.17, 15) is 4.39 Å². The summed E-state index contributed by atoms with van der Waals surface area (Å²) in [6, 6.07) is 6.90. The molecule has 0 bridgehead atoms. The van der Waals surface area contributed by atoms with Crippen LogP contribution in [0.3, 0.4) is 0 Å². The SMILES string of the molecule is Fc1ccc2ccnc(N3CCC4(CCNC4)C3)c2c1. The van der Waals surface area contributed by atoms with E-state index < -0.39 is 0 Å². The summed E-state index contributed by atoms with van der Waals surface area (Å²) < 4.78 is 13.5. The standard InChI is InChI=1S/C16H18FN3/c17-13-2-1-12-3-6-19-15(14(12)9-13)20-8-5-16(11-20)4-7-18-10-16/h1-3,6,9,18H,4-5,7-8,10-11H2. The van der Waals surface area contributed by atoms with Gasteiger partial charge in [0.25, 0.3) is 0 Å². The quantitative estimate of drug-likeness (QED) is 0.864. The van der Waals surface area contributed by atoms with E-state index in [0.717, 1.165) is 42.8 Å². The number of rotatable bonds is 1. The highest BCUT2D eigenvalue weighted by Crippen LogP contribution is 2.39. The van der Waals surface area contributed by atoms with Crippen LogP contribution in [0.4, 0.5) is 10.2 Å². The summed E-state index contributed by atoms with van der Waals surface area (Å²) in [6.45, 7) is 4.26. The number of halogens is 1. The summed E-state index contributed by atoms with van der Waals surface area (Å²) >= 11 is 0. The van der Waals surface area contributed by atoms with Crippen LogP contribution < -0.4 is 10.2 Å². The van der Waals surface area contributed by atoms with Crippen LogP contribution in [-0.2, 0) is 0 Å². The van der Waals surface area contributed by atoms with Gasteiger partial charge in [0.1, 0.15) is 11.6 Å². The van der Waals surface area contributed by atoms with Gasteiger partial charge < -0.3 is 10.2 Å². The fourth-order valence-corrected chi connectivity index (χ4v) is 3.64. The van der Waals surface area contributed by atoms with Crippen molar-refractivity contribution in [3.63, 3.8) is 0 Å². The van der Waals surface area contributed by atoms with Crippen LogP contribution in [0.15, 0.2) is 30.5 Å². The smallest absolute Gasteiger partial charge is 0.136 e. The van der Waals surface area contributed by atoms with Gasteiger partial charge in [0, 0.05) is 36.6 Å². The first-order chi connectivity index (χ1) is 9.76. The lowest BCUT2D eigenvalue weighted by atomic mass is 9.86. The van der Waals surface area contributed by atoms with Crippen molar-refractivity contribution in [2.24, 2.45) is 5.41 Å². The maximum absolute atomic E-state index is 13.5. The second-order valence-electron chi connectivity index (χ2n) is 6.10. The molecule has 4 rings (SSSR count). The summed E-state index contributed by atoms with van der Waals surface area (Å²) in [6.07, 6.45) is 4.27. The maximum atomic E-state index is 13.5. The molecule has 1 spiro atoms. The molecule has 3 nitrogen and oxygen atoms in total. The lowest BCUT2D eigenvalue weighted by molar-refractivity contribution is 0.369. The lowest BCUT2D eigenvalue weighted by Crippen LogP contribution is -2.29. The van der Waals surface area contributed by atoms with Crippen LogP contribution in [0.1, 0.15) is 12.8 Å². The molecule has 1 N–H and O–H groups in total. The largest absolute Gasteiger partial charge is 0.355 e. The van der Waals surface area contributed by atoms with Gasteiger partial charge in [-0.3, -0.25) is 0 Å².